The summed E-state index contributed by atoms with van der Waals surface area (Å²) < 4.78 is 0. The van der Waals surface area contributed by atoms with E-state index in [1.165, 1.54) is 0 Å². The van der Waals surface area contributed by atoms with Gasteiger partial charge in [-0.1, -0.05) is 53.3 Å². The first-order valence-electron chi connectivity index (χ1n) is 9.12. The first kappa shape index (κ1) is 21.6. The maximum absolute atomic E-state index is 12.9. The fraction of sp³-hybridized carbons (Fsp3) is 0.190. The first-order chi connectivity index (χ1) is 14.2. The van der Waals surface area contributed by atoms with Crippen LogP contribution in [0.1, 0.15) is 22.2 Å². The van der Waals surface area contributed by atoms with E-state index in [0.29, 0.717) is 26.3 Å². The molecule has 156 valence electrons. The molecule has 1 unspecified atom stereocenters. The Morgan fingerprint density at radius 3 is 2.37 bits per heavy atom. The number of carbonyl (C=O) groups is 2. The Morgan fingerprint density at radius 2 is 1.80 bits per heavy atom. The lowest BCUT2D eigenvalue weighted by molar-refractivity contribution is -0.118. The van der Waals surface area contributed by atoms with E-state index in [9.17, 15) is 9.59 Å². The average molecular weight is 444 g/mol. The Hall–Kier alpha value is -3.10. The molecule has 1 aromatic heterocycles. The van der Waals surface area contributed by atoms with E-state index in [0.717, 1.165) is 17.0 Å². The van der Waals surface area contributed by atoms with Crippen LogP contribution in [0.25, 0.3) is 0 Å². The predicted octanol–water partition coefficient (Wildman–Crippen LogP) is 3.69. The molecule has 0 spiro atoms. The molecule has 3 rings (SSSR count). The standard InChI is InChI=1S/C21H22ClN5O2S/c1-12(20(24)29)27(14-9-10-16(26(2)3)15(22)11-14)21-25-19(23)18(30-21)17(28)13-7-5-4-6-8-13/h4-12H,23H2,1-3H3,(H2,24,29). The molecule has 30 heavy (non-hydrogen) atoms. The maximum atomic E-state index is 12.9. The summed E-state index contributed by atoms with van der Waals surface area (Å²) in [5.74, 6) is -0.682. The van der Waals surface area contributed by atoms with Gasteiger partial charge < -0.3 is 21.3 Å². The Morgan fingerprint density at radius 1 is 1.13 bits per heavy atom. The van der Waals surface area contributed by atoms with Gasteiger partial charge >= 0.3 is 0 Å². The van der Waals surface area contributed by atoms with E-state index < -0.39 is 11.9 Å². The molecule has 0 bridgehead atoms. The molecule has 1 heterocycles. The Labute approximate surface area is 183 Å². The molecule has 0 saturated heterocycles. The molecule has 0 aliphatic heterocycles. The van der Waals surface area contributed by atoms with Gasteiger partial charge in [0.15, 0.2) is 5.13 Å². The highest BCUT2D eigenvalue weighted by atomic mass is 35.5. The predicted molar refractivity (Wildman–Crippen MR) is 123 cm³/mol. The lowest BCUT2D eigenvalue weighted by atomic mass is 10.1. The normalized spacial score (nSPS) is 11.7. The Balaban J connectivity index is 2.07. The molecular formula is C21H22ClN5O2S. The lowest BCUT2D eigenvalue weighted by Crippen LogP contribution is -2.40. The zero-order valence-electron chi connectivity index (χ0n) is 16.8. The largest absolute Gasteiger partial charge is 0.382 e. The second kappa shape index (κ2) is 8.73. The second-order valence-electron chi connectivity index (χ2n) is 6.88. The number of ketones is 1. The van der Waals surface area contributed by atoms with E-state index in [2.05, 4.69) is 4.98 Å². The molecule has 2 aromatic carbocycles. The van der Waals surface area contributed by atoms with Gasteiger partial charge in [-0.05, 0) is 25.1 Å². The first-order valence-corrected chi connectivity index (χ1v) is 10.3. The minimum absolute atomic E-state index is 0.0986. The number of thiazole rings is 1. The van der Waals surface area contributed by atoms with Crippen LogP contribution >= 0.6 is 22.9 Å². The van der Waals surface area contributed by atoms with Crippen molar-refractivity contribution in [1.29, 1.82) is 0 Å². The number of aromatic nitrogens is 1. The third-order valence-electron chi connectivity index (χ3n) is 4.58. The molecule has 0 radical (unpaired) electrons. The van der Waals surface area contributed by atoms with Crippen molar-refractivity contribution in [1.82, 2.24) is 4.98 Å². The van der Waals surface area contributed by atoms with Crippen molar-refractivity contribution in [2.75, 3.05) is 29.6 Å². The summed E-state index contributed by atoms with van der Waals surface area (Å²) in [5, 5.41) is 0.885. The number of nitrogens with zero attached hydrogens (tertiary/aromatic N) is 3. The SMILES string of the molecule is CC(C(N)=O)N(c1ccc(N(C)C)c(Cl)c1)c1nc(N)c(C(=O)c2ccccc2)s1. The summed E-state index contributed by atoms with van der Waals surface area (Å²) in [7, 11) is 3.77. The number of nitrogens with two attached hydrogens (primary N) is 2. The highest BCUT2D eigenvalue weighted by Gasteiger charge is 2.27. The smallest absolute Gasteiger partial charge is 0.240 e. The van der Waals surface area contributed by atoms with E-state index in [1.807, 2.05) is 37.2 Å². The van der Waals surface area contributed by atoms with Crippen molar-refractivity contribution in [3.63, 3.8) is 0 Å². The van der Waals surface area contributed by atoms with Crippen molar-refractivity contribution in [3.05, 3.63) is 64.0 Å². The Kier molecular flexibility index (Phi) is 6.28. The summed E-state index contributed by atoms with van der Waals surface area (Å²) in [6.45, 7) is 1.66. The van der Waals surface area contributed by atoms with Crippen LogP contribution in [-0.4, -0.2) is 36.8 Å². The van der Waals surface area contributed by atoms with Gasteiger partial charge in [-0.3, -0.25) is 9.59 Å². The van der Waals surface area contributed by atoms with Crippen LogP contribution in [0.15, 0.2) is 48.5 Å². The monoisotopic (exact) mass is 443 g/mol. The summed E-state index contributed by atoms with van der Waals surface area (Å²) in [6.07, 6.45) is 0. The summed E-state index contributed by atoms with van der Waals surface area (Å²) in [4.78, 5) is 33.1. The van der Waals surface area contributed by atoms with Gasteiger partial charge in [0.05, 0.1) is 10.7 Å². The number of carbonyl (C=O) groups excluding carboxylic acids is 2. The van der Waals surface area contributed by atoms with Crippen molar-refractivity contribution in [3.8, 4) is 0 Å². The molecule has 0 aliphatic carbocycles. The number of nitrogen functional groups attached to an aromatic ring is 1. The number of hydrogen-bond donors (Lipinski definition) is 2. The minimum atomic E-state index is -0.739. The third kappa shape index (κ3) is 4.24. The number of rotatable bonds is 7. The zero-order chi connectivity index (χ0) is 22.0. The molecule has 0 fully saturated rings. The third-order valence-corrected chi connectivity index (χ3v) is 5.95. The molecular weight excluding hydrogens is 422 g/mol. The number of benzene rings is 2. The van der Waals surface area contributed by atoms with E-state index >= 15 is 0 Å². The van der Waals surface area contributed by atoms with E-state index in [1.54, 1.807) is 42.2 Å². The van der Waals surface area contributed by atoms with Crippen LogP contribution in [0.5, 0.6) is 0 Å². The highest BCUT2D eigenvalue weighted by Crippen LogP contribution is 2.38. The van der Waals surface area contributed by atoms with Crippen LogP contribution in [0.4, 0.5) is 22.3 Å². The van der Waals surface area contributed by atoms with Crippen LogP contribution in [0.2, 0.25) is 5.02 Å². The molecule has 1 amide bonds. The average Bonchev–Trinajstić information content (AvgIpc) is 3.09. The van der Waals surface area contributed by atoms with Gasteiger partial charge in [0.25, 0.3) is 0 Å². The number of hydrogen-bond acceptors (Lipinski definition) is 7. The molecule has 7 nitrogen and oxygen atoms in total. The quantitative estimate of drug-likeness (QED) is 0.539. The van der Waals surface area contributed by atoms with Crippen molar-refractivity contribution >= 4 is 57.0 Å². The van der Waals surface area contributed by atoms with Gasteiger partial charge in [0, 0.05) is 25.3 Å². The van der Waals surface area contributed by atoms with Crippen LogP contribution < -0.4 is 21.3 Å². The second-order valence-corrected chi connectivity index (χ2v) is 8.27. The van der Waals surface area contributed by atoms with Gasteiger partial charge in [-0.2, -0.15) is 0 Å². The molecule has 3 aromatic rings. The maximum Gasteiger partial charge on any atom is 0.240 e. The zero-order valence-corrected chi connectivity index (χ0v) is 18.4. The topological polar surface area (TPSA) is 106 Å². The molecule has 9 heteroatoms. The van der Waals surface area contributed by atoms with Gasteiger partial charge in [0.1, 0.15) is 16.7 Å². The molecule has 0 aliphatic rings. The van der Waals surface area contributed by atoms with Crippen molar-refractivity contribution in [2.24, 2.45) is 5.73 Å². The molecule has 4 N–H and O–H groups in total. The minimum Gasteiger partial charge on any atom is -0.382 e. The van der Waals surface area contributed by atoms with Gasteiger partial charge in [-0.25, -0.2) is 4.98 Å². The van der Waals surface area contributed by atoms with Crippen LogP contribution in [-0.2, 0) is 4.79 Å². The summed E-state index contributed by atoms with van der Waals surface area (Å²) in [6, 6.07) is 13.5. The van der Waals surface area contributed by atoms with Crippen LogP contribution in [0.3, 0.4) is 0 Å². The number of halogens is 1. The number of primary amides is 1. The van der Waals surface area contributed by atoms with Gasteiger partial charge in [-0.15, -0.1) is 0 Å². The van der Waals surface area contributed by atoms with Gasteiger partial charge in [0.2, 0.25) is 11.7 Å². The van der Waals surface area contributed by atoms with Crippen LogP contribution in [0, 0.1) is 0 Å². The number of amides is 1. The molecule has 1 atom stereocenters. The number of anilines is 4. The van der Waals surface area contributed by atoms with E-state index in [4.69, 9.17) is 23.1 Å². The fourth-order valence-electron chi connectivity index (χ4n) is 2.94. The lowest BCUT2D eigenvalue weighted by Gasteiger charge is -2.27. The van der Waals surface area contributed by atoms with Crippen molar-refractivity contribution in [2.45, 2.75) is 13.0 Å². The van der Waals surface area contributed by atoms with E-state index in [-0.39, 0.29) is 11.6 Å². The summed E-state index contributed by atoms with van der Waals surface area (Å²) in [5.41, 5.74) is 13.6. The Bertz CT molecular complexity index is 1080. The summed E-state index contributed by atoms with van der Waals surface area (Å²) >= 11 is 7.53. The van der Waals surface area contributed by atoms with Crippen molar-refractivity contribution < 1.29 is 9.59 Å². The highest BCUT2D eigenvalue weighted by molar-refractivity contribution is 7.18. The fourth-order valence-corrected chi connectivity index (χ4v) is 4.33. The molecule has 0 saturated carbocycles.